The van der Waals surface area contributed by atoms with Crippen molar-refractivity contribution >= 4 is 11.6 Å². The molecule has 0 bridgehead atoms. The molecule has 1 aliphatic heterocycles. The largest absolute Gasteiger partial charge is 0.333 e. The monoisotopic (exact) mass is 234 g/mol. The zero-order chi connectivity index (χ0) is 12.5. The predicted octanol–water partition coefficient (Wildman–Crippen LogP) is 1.38. The maximum atomic E-state index is 12.4. The molecule has 92 valence electrons. The highest BCUT2D eigenvalue weighted by Gasteiger charge is 2.36. The second-order valence-electron chi connectivity index (χ2n) is 4.94. The van der Waals surface area contributed by atoms with Crippen molar-refractivity contribution in [3.05, 3.63) is 24.0 Å². The van der Waals surface area contributed by atoms with Crippen LogP contribution >= 0.6 is 0 Å². The maximum absolute atomic E-state index is 12.4. The molecule has 0 atom stereocenters. The van der Waals surface area contributed by atoms with Crippen LogP contribution in [0.1, 0.15) is 37.0 Å². The van der Waals surface area contributed by atoms with Crippen molar-refractivity contribution in [2.45, 2.75) is 32.2 Å². The normalized spacial score (nSPS) is 18.2. The number of rotatable bonds is 2. The molecule has 0 radical (unpaired) electrons. The van der Waals surface area contributed by atoms with Gasteiger partial charge in [0, 0.05) is 18.3 Å². The van der Waals surface area contributed by atoms with E-state index in [9.17, 15) is 4.79 Å². The molecule has 1 saturated heterocycles. The van der Waals surface area contributed by atoms with Crippen molar-refractivity contribution in [3.63, 3.8) is 0 Å². The van der Waals surface area contributed by atoms with Gasteiger partial charge < -0.3 is 10.3 Å². The first-order valence-electron chi connectivity index (χ1n) is 5.79. The molecule has 1 fully saturated rings. The second-order valence-corrected chi connectivity index (χ2v) is 4.94. The molecule has 2 heterocycles. The smallest absolute Gasteiger partial charge is 0.256 e. The summed E-state index contributed by atoms with van der Waals surface area (Å²) < 4.78 is 0. The standard InChI is InChI=1S/C12H18N4O/c1-12(2)5-3-7-16(12)11(17)9-4-6-14-8-10(9)15-13/h4,6,8,15H,3,5,7,13H2,1-2H3. The summed E-state index contributed by atoms with van der Waals surface area (Å²) in [5.74, 6) is 5.41. The van der Waals surface area contributed by atoms with E-state index in [1.807, 2.05) is 4.90 Å². The van der Waals surface area contributed by atoms with Crippen LogP contribution in [0.25, 0.3) is 0 Å². The number of likely N-dealkylation sites (tertiary alicyclic amines) is 1. The van der Waals surface area contributed by atoms with Crippen LogP contribution in [-0.4, -0.2) is 27.9 Å². The Labute approximate surface area is 101 Å². The van der Waals surface area contributed by atoms with Crippen molar-refractivity contribution in [2.75, 3.05) is 12.0 Å². The van der Waals surface area contributed by atoms with Crippen LogP contribution in [0.2, 0.25) is 0 Å². The summed E-state index contributed by atoms with van der Waals surface area (Å²) in [5.41, 5.74) is 3.59. The fraction of sp³-hybridized carbons (Fsp3) is 0.500. The molecular weight excluding hydrogens is 216 g/mol. The van der Waals surface area contributed by atoms with E-state index in [0.29, 0.717) is 11.3 Å². The summed E-state index contributed by atoms with van der Waals surface area (Å²) in [5, 5.41) is 0. The molecule has 3 N–H and O–H groups in total. The highest BCUT2D eigenvalue weighted by Crippen LogP contribution is 2.30. The topological polar surface area (TPSA) is 71.2 Å². The summed E-state index contributed by atoms with van der Waals surface area (Å²) in [6.07, 6.45) is 5.26. The zero-order valence-corrected chi connectivity index (χ0v) is 10.2. The molecule has 0 unspecified atom stereocenters. The molecule has 2 rings (SSSR count). The van der Waals surface area contributed by atoms with E-state index in [1.165, 1.54) is 0 Å². The Balaban J connectivity index is 2.31. The van der Waals surface area contributed by atoms with Gasteiger partial charge in [-0.3, -0.25) is 15.6 Å². The molecule has 0 aromatic carbocycles. The van der Waals surface area contributed by atoms with Crippen molar-refractivity contribution < 1.29 is 4.79 Å². The number of nitrogens with one attached hydrogen (secondary N) is 1. The zero-order valence-electron chi connectivity index (χ0n) is 10.2. The van der Waals surface area contributed by atoms with Gasteiger partial charge in [-0.05, 0) is 32.8 Å². The first kappa shape index (κ1) is 11.9. The lowest BCUT2D eigenvalue weighted by molar-refractivity contribution is 0.0653. The summed E-state index contributed by atoms with van der Waals surface area (Å²) in [6.45, 7) is 4.99. The van der Waals surface area contributed by atoms with Crippen molar-refractivity contribution in [3.8, 4) is 0 Å². The fourth-order valence-corrected chi connectivity index (χ4v) is 2.33. The minimum Gasteiger partial charge on any atom is -0.333 e. The van der Waals surface area contributed by atoms with Crippen LogP contribution in [0.4, 0.5) is 5.69 Å². The van der Waals surface area contributed by atoms with Crippen molar-refractivity contribution in [1.82, 2.24) is 9.88 Å². The lowest BCUT2D eigenvalue weighted by Crippen LogP contribution is -2.43. The molecule has 0 spiro atoms. The summed E-state index contributed by atoms with van der Waals surface area (Å²) >= 11 is 0. The van der Waals surface area contributed by atoms with E-state index in [1.54, 1.807) is 18.5 Å². The number of anilines is 1. The lowest BCUT2D eigenvalue weighted by atomic mass is 10.0. The minimum absolute atomic E-state index is 0.0165. The van der Waals surface area contributed by atoms with E-state index in [4.69, 9.17) is 5.84 Å². The molecule has 1 aromatic heterocycles. The number of amides is 1. The molecule has 1 aliphatic rings. The van der Waals surface area contributed by atoms with Crippen LogP contribution in [0.15, 0.2) is 18.5 Å². The van der Waals surface area contributed by atoms with E-state index in [2.05, 4.69) is 24.3 Å². The van der Waals surface area contributed by atoms with Crippen molar-refractivity contribution in [1.29, 1.82) is 0 Å². The molecule has 0 saturated carbocycles. The van der Waals surface area contributed by atoms with Crippen LogP contribution in [0.5, 0.6) is 0 Å². The third-order valence-corrected chi connectivity index (χ3v) is 3.35. The van der Waals surface area contributed by atoms with Crippen LogP contribution in [-0.2, 0) is 0 Å². The summed E-state index contributed by atoms with van der Waals surface area (Å²) in [4.78, 5) is 18.3. The molecule has 1 aromatic rings. The highest BCUT2D eigenvalue weighted by atomic mass is 16.2. The van der Waals surface area contributed by atoms with Gasteiger partial charge in [0.05, 0.1) is 17.4 Å². The van der Waals surface area contributed by atoms with Gasteiger partial charge in [0.15, 0.2) is 0 Å². The highest BCUT2D eigenvalue weighted by molar-refractivity contribution is 5.99. The van der Waals surface area contributed by atoms with E-state index < -0.39 is 0 Å². The Morgan fingerprint density at radius 3 is 2.94 bits per heavy atom. The Bertz CT molecular complexity index is 430. The molecule has 5 heteroatoms. The first-order valence-corrected chi connectivity index (χ1v) is 5.79. The Kier molecular flexibility index (Phi) is 3.02. The van der Waals surface area contributed by atoms with Gasteiger partial charge in [-0.25, -0.2) is 0 Å². The molecule has 0 aliphatic carbocycles. The van der Waals surface area contributed by atoms with Gasteiger partial charge in [0.1, 0.15) is 0 Å². The van der Waals surface area contributed by atoms with E-state index >= 15 is 0 Å². The van der Waals surface area contributed by atoms with Crippen LogP contribution in [0.3, 0.4) is 0 Å². The quantitative estimate of drug-likeness (QED) is 0.599. The number of carbonyl (C=O) groups is 1. The SMILES string of the molecule is CC1(C)CCCN1C(=O)c1ccncc1NN. The van der Waals surface area contributed by atoms with E-state index in [0.717, 1.165) is 19.4 Å². The van der Waals surface area contributed by atoms with Gasteiger partial charge in [-0.1, -0.05) is 0 Å². The average molecular weight is 234 g/mol. The number of aromatic nitrogens is 1. The maximum Gasteiger partial charge on any atom is 0.256 e. The van der Waals surface area contributed by atoms with Crippen LogP contribution < -0.4 is 11.3 Å². The van der Waals surface area contributed by atoms with Gasteiger partial charge >= 0.3 is 0 Å². The number of carbonyl (C=O) groups excluding carboxylic acids is 1. The molecule has 17 heavy (non-hydrogen) atoms. The number of hydrazine groups is 1. The molecule has 5 nitrogen and oxygen atoms in total. The number of nitrogens with zero attached hydrogens (tertiary/aromatic N) is 2. The molecule has 1 amide bonds. The number of hydrogen-bond donors (Lipinski definition) is 2. The van der Waals surface area contributed by atoms with Gasteiger partial charge in [0.25, 0.3) is 5.91 Å². The predicted molar refractivity (Wildman–Crippen MR) is 66.4 cm³/mol. The number of nitrogens with two attached hydrogens (primary N) is 1. The summed E-state index contributed by atoms with van der Waals surface area (Å²) in [7, 11) is 0. The Morgan fingerprint density at radius 2 is 2.35 bits per heavy atom. The minimum atomic E-state index is -0.0772. The van der Waals surface area contributed by atoms with Gasteiger partial charge in [0.2, 0.25) is 0 Å². The number of nitrogen functional groups attached to an aromatic ring is 1. The van der Waals surface area contributed by atoms with Gasteiger partial charge in [-0.15, -0.1) is 0 Å². The Morgan fingerprint density at radius 1 is 1.59 bits per heavy atom. The average Bonchev–Trinajstić information content (AvgIpc) is 2.68. The number of hydrogen-bond acceptors (Lipinski definition) is 4. The Hall–Kier alpha value is -1.62. The molecular formula is C12H18N4O. The number of pyridine rings is 1. The van der Waals surface area contributed by atoms with E-state index in [-0.39, 0.29) is 11.4 Å². The third kappa shape index (κ3) is 2.10. The first-order chi connectivity index (χ1) is 8.06. The fourth-order valence-electron chi connectivity index (χ4n) is 2.33. The van der Waals surface area contributed by atoms with Crippen LogP contribution in [0, 0.1) is 0 Å². The van der Waals surface area contributed by atoms with Gasteiger partial charge in [-0.2, -0.15) is 0 Å². The lowest BCUT2D eigenvalue weighted by Gasteiger charge is -2.32. The van der Waals surface area contributed by atoms with Crippen molar-refractivity contribution in [2.24, 2.45) is 5.84 Å². The third-order valence-electron chi connectivity index (χ3n) is 3.35. The second kappa shape index (κ2) is 4.33. The summed E-state index contributed by atoms with van der Waals surface area (Å²) in [6, 6.07) is 1.70.